The topological polar surface area (TPSA) is 72.7 Å². The first-order valence-corrected chi connectivity index (χ1v) is 13.5. The first-order chi connectivity index (χ1) is 13.6. The molecule has 0 spiro atoms. The van der Waals surface area contributed by atoms with Gasteiger partial charge in [0, 0.05) is 15.6 Å². The Labute approximate surface area is 183 Å². The second-order valence-electron chi connectivity index (χ2n) is 7.45. The van der Waals surface area contributed by atoms with Crippen LogP contribution < -0.4 is 5.32 Å². The van der Waals surface area contributed by atoms with Crippen LogP contribution in [0.15, 0.2) is 41.3 Å². The van der Waals surface area contributed by atoms with Crippen LogP contribution in [-0.4, -0.2) is 34.0 Å². The number of pyridine rings is 1. The summed E-state index contributed by atoms with van der Waals surface area (Å²) in [5.41, 5.74) is 5.98. The Balaban J connectivity index is 1.87. The molecule has 0 fully saturated rings. The zero-order chi connectivity index (χ0) is 21.2. The van der Waals surface area contributed by atoms with Gasteiger partial charge in [-0.05, 0) is 46.6 Å². The summed E-state index contributed by atoms with van der Waals surface area (Å²) in [7, 11) is -1.53. The lowest BCUT2D eigenvalue weighted by molar-refractivity contribution is 0.102. The van der Waals surface area contributed by atoms with E-state index >= 15 is 0 Å². The number of aryl methyl sites for hydroxylation is 1. The minimum absolute atomic E-state index is 0.256. The fourth-order valence-electron chi connectivity index (χ4n) is 2.44. The van der Waals surface area contributed by atoms with E-state index < -0.39 is 8.07 Å². The number of carbonyl (C=O) groups is 1. The summed E-state index contributed by atoms with van der Waals surface area (Å²) < 4.78 is 0.873. The van der Waals surface area contributed by atoms with Crippen LogP contribution in [0.5, 0.6) is 0 Å². The van der Waals surface area contributed by atoms with Crippen molar-refractivity contribution in [3.05, 3.63) is 63.0 Å². The average molecular weight is 489 g/mol. The van der Waals surface area contributed by atoms with Gasteiger partial charge in [0.25, 0.3) is 5.91 Å². The maximum Gasteiger partial charge on any atom is 0.256 e. The summed E-state index contributed by atoms with van der Waals surface area (Å²) in [5, 5.41) is 11.2. The molecule has 1 N–H and O–H groups in total. The molecule has 0 unspecified atom stereocenters. The summed E-state index contributed by atoms with van der Waals surface area (Å²) in [6.45, 7) is 8.41. The van der Waals surface area contributed by atoms with Gasteiger partial charge in [0.1, 0.15) is 8.07 Å². The molecule has 2 heterocycles. The number of anilines is 1. The molecule has 9 heteroatoms. The fourth-order valence-corrected chi connectivity index (χ4v) is 3.75. The highest BCUT2D eigenvalue weighted by Gasteiger charge is 2.15. The largest absolute Gasteiger partial charge is 0.321 e. The van der Waals surface area contributed by atoms with Gasteiger partial charge in [0.05, 0.1) is 29.3 Å². The molecule has 3 rings (SSSR count). The molecule has 0 atom stereocenters. The van der Waals surface area contributed by atoms with E-state index in [1.54, 1.807) is 12.1 Å². The Morgan fingerprint density at radius 1 is 1.21 bits per heavy atom. The number of amides is 1. The molecule has 3 aromatic rings. The van der Waals surface area contributed by atoms with Gasteiger partial charge in [-0.1, -0.05) is 37.2 Å². The van der Waals surface area contributed by atoms with Crippen LogP contribution in [0.25, 0.3) is 5.82 Å². The predicted molar refractivity (Wildman–Crippen MR) is 121 cm³/mol. The summed E-state index contributed by atoms with van der Waals surface area (Å²) in [6.07, 6.45) is 4.59. The molecular weight excluding hydrogens is 470 g/mol. The molecule has 2 aromatic heterocycles. The number of aromatic nitrogens is 4. The first-order valence-electron chi connectivity index (χ1n) is 8.81. The molecule has 0 saturated heterocycles. The van der Waals surface area contributed by atoms with Crippen molar-refractivity contribution >= 4 is 47.2 Å². The monoisotopic (exact) mass is 487 g/mol. The molecule has 0 aliphatic heterocycles. The summed E-state index contributed by atoms with van der Waals surface area (Å²) >= 11 is 9.82. The van der Waals surface area contributed by atoms with Crippen molar-refractivity contribution < 1.29 is 4.79 Å². The third-order valence-corrected chi connectivity index (χ3v) is 5.63. The van der Waals surface area contributed by atoms with Gasteiger partial charge in [-0.25, -0.2) is 4.98 Å². The van der Waals surface area contributed by atoms with Crippen molar-refractivity contribution in [3.8, 4) is 17.3 Å². The smallest absolute Gasteiger partial charge is 0.256 e. The van der Waals surface area contributed by atoms with E-state index in [-0.39, 0.29) is 5.91 Å². The lowest BCUT2D eigenvalue weighted by Gasteiger charge is -2.11. The maximum absolute atomic E-state index is 12.9. The van der Waals surface area contributed by atoms with Gasteiger partial charge in [0.2, 0.25) is 0 Å². The SMILES string of the molecule is Cc1cc(Br)c(C#C[Si](C)(C)C)cc1C(=O)Nc1cnc(-n2nccn2)c(Cl)c1. The molecule has 6 nitrogen and oxygen atoms in total. The van der Waals surface area contributed by atoms with Crippen molar-refractivity contribution in [2.45, 2.75) is 26.6 Å². The average Bonchev–Trinajstić information content (AvgIpc) is 3.14. The molecule has 0 bridgehead atoms. The molecule has 0 aliphatic carbocycles. The van der Waals surface area contributed by atoms with Gasteiger partial charge in [-0.15, -0.1) is 10.3 Å². The third kappa shape index (κ3) is 5.32. The van der Waals surface area contributed by atoms with Crippen LogP contribution in [0.4, 0.5) is 5.69 Å². The molecule has 1 aromatic carbocycles. The normalized spacial score (nSPS) is 11.0. The van der Waals surface area contributed by atoms with E-state index in [1.165, 1.54) is 23.4 Å². The minimum Gasteiger partial charge on any atom is -0.321 e. The number of benzene rings is 1. The molecule has 0 radical (unpaired) electrons. The Morgan fingerprint density at radius 3 is 2.52 bits per heavy atom. The number of hydrogen-bond donors (Lipinski definition) is 1. The van der Waals surface area contributed by atoms with Crippen LogP contribution in [0.1, 0.15) is 21.5 Å². The van der Waals surface area contributed by atoms with Crippen molar-refractivity contribution in [2.24, 2.45) is 0 Å². The molecular formula is C20H19BrClN5OSi. The molecule has 0 aliphatic rings. The highest BCUT2D eigenvalue weighted by molar-refractivity contribution is 9.10. The van der Waals surface area contributed by atoms with Crippen molar-refractivity contribution in [3.63, 3.8) is 0 Å². The van der Waals surface area contributed by atoms with E-state index in [0.717, 1.165) is 15.6 Å². The second-order valence-corrected chi connectivity index (χ2v) is 13.5. The van der Waals surface area contributed by atoms with Gasteiger partial charge in [0.15, 0.2) is 5.82 Å². The highest BCUT2D eigenvalue weighted by atomic mass is 79.9. The number of nitrogens with zero attached hydrogens (tertiary/aromatic N) is 4. The quantitative estimate of drug-likeness (QED) is 0.422. The van der Waals surface area contributed by atoms with Gasteiger partial charge < -0.3 is 5.32 Å². The number of rotatable bonds is 3. The Morgan fingerprint density at radius 2 is 1.90 bits per heavy atom. The first kappa shape index (κ1) is 21.2. The van der Waals surface area contributed by atoms with Crippen molar-refractivity contribution in [1.29, 1.82) is 0 Å². The van der Waals surface area contributed by atoms with Crippen molar-refractivity contribution in [2.75, 3.05) is 5.32 Å². The summed E-state index contributed by atoms with van der Waals surface area (Å²) in [5.74, 6) is 3.34. The van der Waals surface area contributed by atoms with E-state index in [2.05, 4.69) is 67.5 Å². The van der Waals surface area contributed by atoms with E-state index in [9.17, 15) is 4.79 Å². The van der Waals surface area contributed by atoms with E-state index in [0.29, 0.717) is 22.1 Å². The Bertz CT molecular complexity index is 1130. The number of hydrogen-bond acceptors (Lipinski definition) is 4. The summed E-state index contributed by atoms with van der Waals surface area (Å²) in [6, 6.07) is 5.32. The van der Waals surface area contributed by atoms with Crippen molar-refractivity contribution in [1.82, 2.24) is 20.0 Å². The van der Waals surface area contributed by atoms with Gasteiger partial charge in [-0.2, -0.15) is 10.2 Å². The lowest BCUT2D eigenvalue weighted by atomic mass is 10.0. The second kappa shape index (κ2) is 8.49. The number of halogens is 2. The molecule has 29 heavy (non-hydrogen) atoms. The van der Waals surface area contributed by atoms with Crippen LogP contribution in [0, 0.1) is 18.4 Å². The zero-order valence-electron chi connectivity index (χ0n) is 16.4. The van der Waals surface area contributed by atoms with Crippen LogP contribution >= 0.6 is 27.5 Å². The van der Waals surface area contributed by atoms with Gasteiger partial charge in [-0.3, -0.25) is 4.79 Å². The maximum atomic E-state index is 12.9. The third-order valence-electron chi connectivity index (χ3n) is 3.82. The zero-order valence-corrected chi connectivity index (χ0v) is 19.8. The fraction of sp³-hybridized carbons (Fsp3) is 0.200. The predicted octanol–water partition coefficient (Wildman–Crippen LogP) is 4.87. The van der Waals surface area contributed by atoms with Gasteiger partial charge >= 0.3 is 0 Å². The van der Waals surface area contributed by atoms with Crippen LogP contribution in [-0.2, 0) is 0 Å². The highest BCUT2D eigenvalue weighted by Crippen LogP contribution is 2.24. The lowest BCUT2D eigenvalue weighted by Crippen LogP contribution is -2.16. The Kier molecular flexibility index (Phi) is 6.22. The minimum atomic E-state index is -1.53. The van der Waals surface area contributed by atoms with E-state index in [4.69, 9.17) is 11.6 Å². The van der Waals surface area contributed by atoms with Crippen LogP contribution in [0.2, 0.25) is 24.7 Å². The standard InChI is InChI=1S/C20H19BrClN5OSi/c1-13-9-17(21)14(5-8-29(2,3)4)10-16(13)20(28)26-15-11-18(22)19(23-12-15)27-24-6-7-25-27/h6-7,9-12H,1-4H3,(H,26,28). The summed E-state index contributed by atoms with van der Waals surface area (Å²) in [4.78, 5) is 18.4. The molecule has 0 saturated carbocycles. The van der Waals surface area contributed by atoms with Crippen LogP contribution in [0.3, 0.4) is 0 Å². The Hall–Kier alpha value is -2.47. The van der Waals surface area contributed by atoms with E-state index in [1.807, 2.05) is 13.0 Å². The number of carbonyl (C=O) groups excluding carboxylic acids is 1. The molecule has 148 valence electrons. The number of nitrogens with one attached hydrogen (secondary N) is 1. The molecule has 1 amide bonds.